The fourth-order valence-corrected chi connectivity index (χ4v) is 2.23. The lowest BCUT2D eigenvalue weighted by atomic mass is 10.1. The Labute approximate surface area is 142 Å². The predicted molar refractivity (Wildman–Crippen MR) is 92.5 cm³/mol. The zero-order chi connectivity index (χ0) is 17.8. The molecule has 3 amide bonds. The first kappa shape index (κ1) is 19.8. The van der Waals surface area contributed by atoms with Gasteiger partial charge in [-0.25, -0.2) is 4.79 Å². The Morgan fingerprint density at radius 3 is 2.38 bits per heavy atom. The highest BCUT2D eigenvalue weighted by molar-refractivity contribution is 5.94. The average molecular weight is 334 g/mol. The van der Waals surface area contributed by atoms with Gasteiger partial charge in [0.05, 0.1) is 5.69 Å². The van der Waals surface area contributed by atoms with E-state index in [2.05, 4.69) is 17.2 Å². The number of benzene rings is 1. The van der Waals surface area contributed by atoms with E-state index in [-0.39, 0.29) is 5.91 Å². The number of hydrogen-bond donors (Lipinski definition) is 1. The lowest BCUT2D eigenvalue weighted by Gasteiger charge is -2.22. The van der Waals surface area contributed by atoms with Crippen molar-refractivity contribution < 1.29 is 14.3 Å². The standard InChI is InChI=1S/C17H26N4O3/c1-3-4-5-11-21(12-6-13-24-2)16(22)14-7-9-15(10-8-14)19-20-17(18)23/h7-10H,3-6,11-13H2,1-2H3,(H2,18,23). The van der Waals surface area contributed by atoms with Gasteiger partial charge in [0, 0.05) is 32.4 Å². The quantitative estimate of drug-likeness (QED) is 0.523. The van der Waals surface area contributed by atoms with Crippen molar-refractivity contribution in [2.75, 3.05) is 26.8 Å². The third-order valence-corrected chi connectivity index (χ3v) is 3.47. The van der Waals surface area contributed by atoms with Crippen LogP contribution in [0.15, 0.2) is 34.5 Å². The van der Waals surface area contributed by atoms with Crippen LogP contribution in [0.4, 0.5) is 10.5 Å². The highest BCUT2D eigenvalue weighted by atomic mass is 16.5. The molecule has 2 N–H and O–H groups in total. The number of azo groups is 1. The summed E-state index contributed by atoms with van der Waals surface area (Å²) in [5.41, 5.74) is 5.96. The minimum absolute atomic E-state index is 0.0133. The lowest BCUT2D eigenvalue weighted by Crippen LogP contribution is -2.33. The molecule has 0 saturated heterocycles. The molecule has 0 aliphatic rings. The number of unbranched alkanes of at least 4 members (excludes halogenated alkanes) is 2. The Balaban J connectivity index is 2.74. The van der Waals surface area contributed by atoms with Crippen LogP contribution in [0.2, 0.25) is 0 Å². The first-order valence-corrected chi connectivity index (χ1v) is 8.18. The number of urea groups is 1. The number of nitrogens with zero attached hydrogens (tertiary/aromatic N) is 3. The van der Waals surface area contributed by atoms with E-state index in [0.717, 1.165) is 32.2 Å². The van der Waals surface area contributed by atoms with Gasteiger partial charge >= 0.3 is 6.03 Å². The van der Waals surface area contributed by atoms with E-state index in [1.165, 1.54) is 0 Å². The number of carbonyl (C=O) groups excluding carboxylic acids is 2. The Morgan fingerprint density at radius 2 is 1.79 bits per heavy atom. The Morgan fingerprint density at radius 1 is 1.12 bits per heavy atom. The van der Waals surface area contributed by atoms with Gasteiger partial charge in [-0.3, -0.25) is 4.79 Å². The average Bonchev–Trinajstić information content (AvgIpc) is 2.58. The number of amides is 3. The number of rotatable bonds is 10. The van der Waals surface area contributed by atoms with E-state index >= 15 is 0 Å². The molecular formula is C17H26N4O3. The molecule has 24 heavy (non-hydrogen) atoms. The molecular weight excluding hydrogens is 308 g/mol. The van der Waals surface area contributed by atoms with Gasteiger partial charge in [-0.15, -0.1) is 5.11 Å². The van der Waals surface area contributed by atoms with Crippen LogP contribution in [0.25, 0.3) is 0 Å². The molecule has 0 aliphatic heterocycles. The molecule has 0 heterocycles. The van der Waals surface area contributed by atoms with Crippen LogP contribution < -0.4 is 5.73 Å². The summed E-state index contributed by atoms with van der Waals surface area (Å²) < 4.78 is 5.07. The van der Waals surface area contributed by atoms with E-state index in [1.54, 1.807) is 31.4 Å². The van der Waals surface area contributed by atoms with Crippen molar-refractivity contribution in [3.63, 3.8) is 0 Å². The first-order valence-electron chi connectivity index (χ1n) is 8.18. The zero-order valence-electron chi connectivity index (χ0n) is 14.4. The number of nitrogens with two attached hydrogens (primary N) is 1. The summed E-state index contributed by atoms with van der Waals surface area (Å²) in [6.07, 6.45) is 4.00. The van der Waals surface area contributed by atoms with E-state index < -0.39 is 6.03 Å². The summed E-state index contributed by atoms with van der Waals surface area (Å²) in [7, 11) is 1.66. The van der Waals surface area contributed by atoms with Gasteiger partial charge < -0.3 is 15.4 Å². The predicted octanol–water partition coefficient (Wildman–Crippen LogP) is 3.52. The third-order valence-electron chi connectivity index (χ3n) is 3.47. The molecule has 0 aromatic heterocycles. The fraction of sp³-hybridized carbons (Fsp3) is 0.529. The van der Waals surface area contributed by atoms with Crippen molar-refractivity contribution in [2.24, 2.45) is 16.0 Å². The summed E-state index contributed by atoms with van der Waals surface area (Å²) >= 11 is 0. The molecule has 7 heteroatoms. The van der Waals surface area contributed by atoms with E-state index in [1.807, 2.05) is 4.90 Å². The molecule has 0 bridgehead atoms. The molecule has 132 valence electrons. The van der Waals surface area contributed by atoms with Crippen LogP contribution in [0.1, 0.15) is 43.0 Å². The molecule has 1 rings (SSSR count). The van der Waals surface area contributed by atoms with Gasteiger partial charge in [-0.2, -0.15) is 0 Å². The Kier molecular flexibility index (Phi) is 9.29. The highest BCUT2D eigenvalue weighted by Crippen LogP contribution is 2.15. The van der Waals surface area contributed by atoms with Gasteiger partial charge in [0.25, 0.3) is 5.91 Å². The maximum atomic E-state index is 12.7. The molecule has 1 aromatic carbocycles. The second kappa shape index (κ2) is 11.3. The maximum Gasteiger partial charge on any atom is 0.356 e. The summed E-state index contributed by atoms with van der Waals surface area (Å²) in [4.78, 5) is 25.1. The highest BCUT2D eigenvalue weighted by Gasteiger charge is 2.15. The van der Waals surface area contributed by atoms with E-state index in [4.69, 9.17) is 10.5 Å². The lowest BCUT2D eigenvalue weighted by molar-refractivity contribution is 0.0734. The molecule has 0 fully saturated rings. The number of hydrogen-bond acceptors (Lipinski definition) is 4. The van der Waals surface area contributed by atoms with Crippen molar-refractivity contribution in [2.45, 2.75) is 32.6 Å². The zero-order valence-corrected chi connectivity index (χ0v) is 14.4. The largest absolute Gasteiger partial charge is 0.385 e. The molecule has 1 aromatic rings. The maximum absolute atomic E-state index is 12.7. The summed E-state index contributed by atoms with van der Waals surface area (Å²) in [5, 5.41) is 6.94. The van der Waals surface area contributed by atoms with Crippen LogP contribution in [0, 0.1) is 0 Å². The fourth-order valence-electron chi connectivity index (χ4n) is 2.23. The van der Waals surface area contributed by atoms with Gasteiger partial charge in [-0.1, -0.05) is 24.9 Å². The van der Waals surface area contributed by atoms with E-state index in [0.29, 0.717) is 24.4 Å². The van der Waals surface area contributed by atoms with Crippen molar-refractivity contribution in [3.8, 4) is 0 Å². The summed E-state index contributed by atoms with van der Waals surface area (Å²) in [5.74, 6) is -0.0133. The van der Waals surface area contributed by atoms with Crippen LogP contribution >= 0.6 is 0 Å². The summed E-state index contributed by atoms with van der Waals surface area (Å²) in [6, 6.07) is 5.79. The molecule has 0 atom stereocenters. The van der Waals surface area contributed by atoms with Crippen molar-refractivity contribution in [1.29, 1.82) is 0 Å². The first-order chi connectivity index (χ1) is 11.6. The minimum Gasteiger partial charge on any atom is -0.385 e. The molecule has 0 radical (unpaired) electrons. The number of methoxy groups -OCH3 is 1. The van der Waals surface area contributed by atoms with Crippen molar-refractivity contribution >= 4 is 17.6 Å². The molecule has 7 nitrogen and oxygen atoms in total. The normalized spacial score (nSPS) is 10.9. The number of primary amides is 1. The van der Waals surface area contributed by atoms with Gasteiger partial charge in [-0.05, 0) is 37.1 Å². The van der Waals surface area contributed by atoms with Crippen LogP contribution in [0.5, 0.6) is 0 Å². The smallest absolute Gasteiger partial charge is 0.356 e. The minimum atomic E-state index is -0.851. The number of carbonyl (C=O) groups is 2. The van der Waals surface area contributed by atoms with Gasteiger partial charge in [0.1, 0.15) is 0 Å². The number of ether oxygens (including phenoxy) is 1. The van der Waals surface area contributed by atoms with Crippen LogP contribution in [-0.4, -0.2) is 43.6 Å². The molecule has 0 spiro atoms. The molecule has 0 aliphatic carbocycles. The summed E-state index contributed by atoms with van der Waals surface area (Å²) in [6.45, 7) is 4.17. The topological polar surface area (TPSA) is 97.3 Å². The van der Waals surface area contributed by atoms with Crippen molar-refractivity contribution in [1.82, 2.24) is 4.90 Å². The van der Waals surface area contributed by atoms with Crippen LogP contribution in [0.3, 0.4) is 0 Å². The van der Waals surface area contributed by atoms with Gasteiger partial charge in [0.15, 0.2) is 0 Å². The van der Waals surface area contributed by atoms with Gasteiger partial charge in [0.2, 0.25) is 0 Å². The Hall–Kier alpha value is -2.28. The SMILES string of the molecule is CCCCCN(CCCOC)C(=O)c1ccc(N=NC(N)=O)cc1. The van der Waals surface area contributed by atoms with E-state index in [9.17, 15) is 9.59 Å². The second-order valence-corrected chi connectivity index (χ2v) is 5.43. The third kappa shape index (κ3) is 7.32. The monoisotopic (exact) mass is 334 g/mol. The Bertz CT molecular complexity index is 533. The second-order valence-electron chi connectivity index (χ2n) is 5.43. The van der Waals surface area contributed by atoms with Crippen LogP contribution in [-0.2, 0) is 4.74 Å². The van der Waals surface area contributed by atoms with Crippen molar-refractivity contribution in [3.05, 3.63) is 29.8 Å². The molecule has 0 unspecified atom stereocenters. The molecule has 0 saturated carbocycles.